The van der Waals surface area contributed by atoms with Crippen LogP contribution in [0.2, 0.25) is 10.0 Å². The largest absolute Gasteiger partial charge is 0.422 e. The molecular formula is C13H2Cl2F6N4O. The Bertz CT molecular complexity index is 944. The van der Waals surface area contributed by atoms with E-state index in [9.17, 15) is 31.1 Å². The Balaban J connectivity index is 2.88. The van der Waals surface area contributed by atoms with Crippen LogP contribution in [0.5, 0.6) is 0 Å². The maximum atomic E-state index is 13.2. The van der Waals surface area contributed by atoms with Crippen molar-refractivity contribution in [1.82, 2.24) is 9.78 Å². The molecule has 13 heteroatoms. The van der Waals surface area contributed by atoms with E-state index in [1.165, 1.54) is 0 Å². The van der Waals surface area contributed by atoms with Gasteiger partial charge in [0.15, 0.2) is 11.5 Å². The Morgan fingerprint density at radius 1 is 1.08 bits per heavy atom. The van der Waals surface area contributed by atoms with Gasteiger partial charge in [-0.15, -0.1) is 4.99 Å². The Morgan fingerprint density at radius 3 is 2.00 bits per heavy atom. The summed E-state index contributed by atoms with van der Waals surface area (Å²) in [5.41, 5.74) is -4.75. The van der Waals surface area contributed by atoms with Gasteiger partial charge in [0.2, 0.25) is 6.08 Å². The van der Waals surface area contributed by atoms with E-state index >= 15 is 0 Å². The van der Waals surface area contributed by atoms with Gasteiger partial charge in [-0.25, -0.2) is 9.48 Å². The number of alkyl halides is 6. The SMILES string of the molecule is N#Cc1nn(-c2c(Cl)cc(C(F)(F)F)cc2Cl)c(N=C=O)c1C(F)(F)F. The van der Waals surface area contributed by atoms with Crippen molar-refractivity contribution in [3.05, 3.63) is 39.0 Å². The van der Waals surface area contributed by atoms with Gasteiger partial charge in [-0.3, -0.25) is 0 Å². The van der Waals surface area contributed by atoms with E-state index in [0.717, 1.165) is 12.1 Å². The maximum Gasteiger partial charge on any atom is 0.422 e. The van der Waals surface area contributed by atoms with E-state index in [0.29, 0.717) is 12.1 Å². The van der Waals surface area contributed by atoms with Gasteiger partial charge >= 0.3 is 12.4 Å². The fourth-order valence-corrected chi connectivity index (χ4v) is 2.63. The molecule has 2 rings (SSSR count). The highest BCUT2D eigenvalue weighted by molar-refractivity contribution is 6.38. The first-order valence-corrected chi connectivity index (χ1v) is 6.92. The predicted molar refractivity (Wildman–Crippen MR) is 76.1 cm³/mol. The maximum absolute atomic E-state index is 13.2. The predicted octanol–water partition coefficient (Wildman–Crippen LogP) is 5.06. The third-order valence-corrected chi connectivity index (χ3v) is 3.53. The molecule has 0 unspecified atom stereocenters. The minimum Gasteiger partial charge on any atom is -0.211 e. The molecule has 1 aromatic heterocycles. The molecule has 136 valence electrons. The van der Waals surface area contributed by atoms with Crippen molar-refractivity contribution in [1.29, 1.82) is 5.26 Å². The van der Waals surface area contributed by atoms with Gasteiger partial charge in [-0.05, 0) is 12.1 Å². The van der Waals surface area contributed by atoms with Crippen molar-refractivity contribution in [3.8, 4) is 11.8 Å². The molecule has 0 aliphatic heterocycles. The Morgan fingerprint density at radius 2 is 1.62 bits per heavy atom. The number of halogens is 8. The second-order valence-corrected chi connectivity index (χ2v) is 5.37. The first-order chi connectivity index (χ1) is 11.9. The highest BCUT2D eigenvalue weighted by atomic mass is 35.5. The standard InChI is InChI=1S/C13H2Cl2F6N4O/c14-6-1-5(12(16,17)18)2-7(15)10(6)25-11(23-4-26)9(13(19,20)21)8(3-22)24-25/h1-2H. The van der Waals surface area contributed by atoms with E-state index in [4.69, 9.17) is 28.5 Å². The molecule has 0 N–H and O–H groups in total. The summed E-state index contributed by atoms with van der Waals surface area (Å²) < 4.78 is 78.0. The topological polar surface area (TPSA) is 71.0 Å². The van der Waals surface area contributed by atoms with Crippen LogP contribution in [0.1, 0.15) is 16.8 Å². The number of aliphatic imine (C=N–C) groups is 1. The fourth-order valence-electron chi connectivity index (χ4n) is 1.98. The molecule has 0 aliphatic rings. The number of carbonyl (C=O) groups excluding carboxylic acids is 1. The van der Waals surface area contributed by atoms with E-state index < -0.39 is 50.7 Å². The van der Waals surface area contributed by atoms with Crippen LogP contribution in [-0.2, 0) is 17.1 Å². The number of hydrogen-bond donors (Lipinski definition) is 0. The molecule has 0 fully saturated rings. The molecule has 0 radical (unpaired) electrons. The Labute approximate surface area is 150 Å². The van der Waals surface area contributed by atoms with Crippen LogP contribution < -0.4 is 0 Å². The second kappa shape index (κ2) is 6.64. The number of rotatable bonds is 2. The average Bonchev–Trinajstić information content (AvgIpc) is 2.84. The summed E-state index contributed by atoms with van der Waals surface area (Å²) in [7, 11) is 0. The Hall–Kier alpha value is -2.54. The monoisotopic (exact) mass is 414 g/mol. The molecule has 26 heavy (non-hydrogen) atoms. The lowest BCUT2D eigenvalue weighted by atomic mass is 10.2. The number of aromatic nitrogens is 2. The molecule has 0 aliphatic carbocycles. The van der Waals surface area contributed by atoms with Crippen molar-refractivity contribution in [2.75, 3.05) is 0 Å². The lowest BCUT2D eigenvalue weighted by Crippen LogP contribution is -2.08. The van der Waals surface area contributed by atoms with Crippen LogP contribution in [0.3, 0.4) is 0 Å². The summed E-state index contributed by atoms with van der Waals surface area (Å²) in [4.78, 5) is 13.3. The smallest absolute Gasteiger partial charge is 0.211 e. The van der Waals surface area contributed by atoms with E-state index in [1.807, 2.05) is 0 Å². The average molecular weight is 415 g/mol. The third-order valence-electron chi connectivity index (χ3n) is 2.96. The fraction of sp³-hybridized carbons (Fsp3) is 0.154. The first kappa shape index (κ1) is 19.8. The van der Waals surface area contributed by atoms with E-state index in [1.54, 1.807) is 0 Å². The molecule has 1 aromatic carbocycles. The number of nitrogens with zero attached hydrogens (tertiary/aromatic N) is 4. The van der Waals surface area contributed by atoms with Crippen molar-refractivity contribution < 1.29 is 31.1 Å². The van der Waals surface area contributed by atoms with Crippen LogP contribution in [0.4, 0.5) is 32.2 Å². The van der Waals surface area contributed by atoms with Gasteiger partial charge in [0.05, 0.1) is 15.6 Å². The zero-order valence-electron chi connectivity index (χ0n) is 11.9. The summed E-state index contributed by atoms with van der Waals surface area (Å²) in [6.45, 7) is 0. The van der Waals surface area contributed by atoms with Crippen molar-refractivity contribution in [2.45, 2.75) is 12.4 Å². The summed E-state index contributed by atoms with van der Waals surface area (Å²) in [6, 6.07) is 1.96. The van der Waals surface area contributed by atoms with Crippen molar-refractivity contribution in [2.24, 2.45) is 4.99 Å². The number of hydrogen-bond acceptors (Lipinski definition) is 4. The Kier molecular flexibility index (Phi) is 5.05. The quantitative estimate of drug-likeness (QED) is 0.391. The van der Waals surface area contributed by atoms with Gasteiger partial charge in [0, 0.05) is 0 Å². The van der Waals surface area contributed by atoms with E-state index in [2.05, 4.69) is 10.1 Å². The van der Waals surface area contributed by atoms with Gasteiger partial charge < -0.3 is 0 Å². The molecule has 0 bridgehead atoms. The van der Waals surface area contributed by atoms with Crippen LogP contribution in [0.15, 0.2) is 17.1 Å². The molecule has 0 amide bonds. The molecule has 0 spiro atoms. The van der Waals surface area contributed by atoms with Crippen LogP contribution in [0, 0.1) is 11.3 Å². The lowest BCUT2D eigenvalue weighted by Gasteiger charge is -2.13. The van der Waals surface area contributed by atoms with Gasteiger partial charge in [-0.1, -0.05) is 23.2 Å². The minimum absolute atomic E-state index is 0.261. The molecule has 5 nitrogen and oxygen atoms in total. The second-order valence-electron chi connectivity index (χ2n) is 4.56. The number of nitriles is 1. The molecule has 0 saturated carbocycles. The normalized spacial score (nSPS) is 11.8. The van der Waals surface area contributed by atoms with Gasteiger partial charge in [-0.2, -0.15) is 36.7 Å². The van der Waals surface area contributed by atoms with Crippen LogP contribution in [0.25, 0.3) is 5.69 Å². The zero-order valence-corrected chi connectivity index (χ0v) is 13.4. The molecular weight excluding hydrogens is 413 g/mol. The van der Waals surface area contributed by atoms with Crippen molar-refractivity contribution >= 4 is 35.1 Å². The molecule has 0 atom stereocenters. The molecule has 0 saturated heterocycles. The molecule has 2 aromatic rings. The zero-order chi connectivity index (χ0) is 19.9. The summed E-state index contributed by atoms with van der Waals surface area (Å²) in [5.74, 6) is -1.20. The number of isocyanates is 1. The van der Waals surface area contributed by atoms with Gasteiger partial charge in [0.1, 0.15) is 17.3 Å². The first-order valence-electron chi connectivity index (χ1n) is 6.16. The summed E-state index contributed by atoms with van der Waals surface area (Å²) in [5, 5.41) is 10.7. The highest BCUT2D eigenvalue weighted by Crippen LogP contribution is 2.43. The summed E-state index contributed by atoms with van der Waals surface area (Å²) in [6.07, 6.45) is -9.12. The third kappa shape index (κ3) is 3.53. The van der Waals surface area contributed by atoms with Crippen molar-refractivity contribution in [3.63, 3.8) is 0 Å². The molecule has 1 heterocycles. The van der Waals surface area contributed by atoms with E-state index in [-0.39, 0.29) is 4.68 Å². The van der Waals surface area contributed by atoms with Gasteiger partial charge in [0.25, 0.3) is 0 Å². The summed E-state index contributed by atoms with van der Waals surface area (Å²) >= 11 is 11.4. The highest BCUT2D eigenvalue weighted by Gasteiger charge is 2.42. The minimum atomic E-state index is -5.15. The van der Waals surface area contributed by atoms with Crippen LogP contribution in [-0.4, -0.2) is 15.9 Å². The van der Waals surface area contributed by atoms with Crippen LogP contribution >= 0.6 is 23.2 Å². The lowest BCUT2D eigenvalue weighted by molar-refractivity contribution is -0.138. The number of benzene rings is 1.